The minimum absolute atomic E-state index is 0.661. The van der Waals surface area contributed by atoms with Crippen LogP contribution < -0.4 is 0 Å². The molecule has 0 heteroatoms. The fourth-order valence-corrected chi connectivity index (χ4v) is 1.98. The molecule has 2 atom stereocenters. The van der Waals surface area contributed by atoms with E-state index in [0.717, 1.165) is 5.92 Å². The first-order chi connectivity index (χ1) is 7.13. The monoisotopic (exact) mass is 204 g/mol. The Bertz CT molecular complexity index is 268. The highest BCUT2D eigenvalue weighted by molar-refractivity contribution is 5.24. The number of rotatable bonds is 5. The number of allylic oxidation sites excluding steroid dienone is 5. The molecule has 0 aromatic heterocycles. The zero-order valence-corrected chi connectivity index (χ0v) is 10.4. The van der Waals surface area contributed by atoms with E-state index < -0.39 is 0 Å². The predicted octanol–water partition coefficient (Wildman–Crippen LogP) is 4.89. The molecular formula is C15H24. The average molecular weight is 204 g/mol. The van der Waals surface area contributed by atoms with Crippen molar-refractivity contribution < 1.29 is 0 Å². The van der Waals surface area contributed by atoms with Gasteiger partial charge in [0.25, 0.3) is 0 Å². The van der Waals surface area contributed by atoms with Gasteiger partial charge in [0.05, 0.1) is 0 Å². The SMILES string of the molecule is C=CC(C)CCC(C)C1=CC=C(C)CC1. The first-order valence-corrected chi connectivity index (χ1v) is 6.12. The topological polar surface area (TPSA) is 0 Å². The zero-order chi connectivity index (χ0) is 11.3. The smallest absolute Gasteiger partial charge is 0.0228 e. The van der Waals surface area contributed by atoms with Crippen molar-refractivity contribution in [1.29, 1.82) is 0 Å². The van der Waals surface area contributed by atoms with Crippen LogP contribution in [0.2, 0.25) is 0 Å². The summed E-state index contributed by atoms with van der Waals surface area (Å²) in [5.41, 5.74) is 3.15. The van der Waals surface area contributed by atoms with E-state index in [-0.39, 0.29) is 0 Å². The van der Waals surface area contributed by atoms with Crippen LogP contribution in [-0.4, -0.2) is 0 Å². The standard InChI is InChI=1S/C15H24/c1-5-12(2)6-9-14(4)15-10-7-13(3)8-11-15/h5,7,10,12,14H,1,6,8-9,11H2,2-4H3. The lowest BCUT2D eigenvalue weighted by Crippen LogP contribution is -2.04. The summed E-state index contributed by atoms with van der Waals surface area (Å²) < 4.78 is 0. The molecule has 0 aliphatic heterocycles. The maximum atomic E-state index is 3.84. The Morgan fingerprint density at radius 2 is 2.00 bits per heavy atom. The van der Waals surface area contributed by atoms with Gasteiger partial charge in [0.15, 0.2) is 0 Å². The fraction of sp³-hybridized carbons (Fsp3) is 0.600. The van der Waals surface area contributed by atoms with Gasteiger partial charge in [-0.05, 0) is 44.4 Å². The second kappa shape index (κ2) is 5.95. The minimum atomic E-state index is 0.661. The molecule has 1 aliphatic carbocycles. The summed E-state index contributed by atoms with van der Waals surface area (Å²) in [5, 5.41) is 0. The Morgan fingerprint density at radius 3 is 2.53 bits per heavy atom. The molecule has 84 valence electrons. The normalized spacial score (nSPS) is 20.2. The van der Waals surface area contributed by atoms with E-state index >= 15 is 0 Å². The van der Waals surface area contributed by atoms with Crippen molar-refractivity contribution in [2.24, 2.45) is 11.8 Å². The average Bonchev–Trinajstić information content (AvgIpc) is 2.26. The van der Waals surface area contributed by atoms with Crippen LogP contribution in [-0.2, 0) is 0 Å². The van der Waals surface area contributed by atoms with Gasteiger partial charge >= 0.3 is 0 Å². The van der Waals surface area contributed by atoms with Crippen molar-refractivity contribution in [3.8, 4) is 0 Å². The summed E-state index contributed by atoms with van der Waals surface area (Å²) in [4.78, 5) is 0. The third-order valence-electron chi connectivity index (χ3n) is 3.48. The predicted molar refractivity (Wildman–Crippen MR) is 68.8 cm³/mol. The first-order valence-electron chi connectivity index (χ1n) is 6.12. The molecule has 0 fully saturated rings. The lowest BCUT2D eigenvalue weighted by molar-refractivity contribution is 0.506. The van der Waals surface area contributed by atoms with Crippen molar-refractivity contribution in [1.82, 2.24) is 0 Å². The molecule has 15 heavy (non-hydrogen) atoms. The maximum Gasteiger partial charge on any atom is -0.0228 e. The molecular weight excluding hydrogens is 180 g/mol. The van der Waals surface area contributed by atoms with Crippen LogP contribution in [0.15, 0.2) is 36.0 Å². The van der Waals surface area contributed by atoms with Crippen molar-refractivity contribution in [2.75, 3.05) is 0 Å². The molecule has 0 amide bonds. The molecule has 0 saturated carbocycles. The van der Waals surface area contributed by atoms with E-state index in [0.29, 0.717) is 5.92 Å². The molecule has 2 unspecified atom stereocenters. The van der Waals surface area contributed by atoms with Gasteiger partial charge < -0.3 is 0 Å². The minimum Gasteiger partial charge on any atom is -0.103 e. The Morgan fingerprint density at radius 1 is 1.27 bits per heavy atom. The summed E-state index contributed by atoms with van der Waals surface area (Å²) >= 11 is 0. The maximum absolute atomic E-state index is 3.84. The molecule has 1 aliphatic rings. The van der Waals surface area contributed by atoms with Crippen molar-refractivity contribution in [2.45, 2.75) is 46.5 Å². The van der Waals surface area contributed by atoms with E-state index in [4.69, 9.17) is 0 Å². The fourth-order valence-electron chi connectivity index (χ4n) is 1.98. The highest BCUT2D eigenvalue weighted by Gasteiger charge is 2.11. The van der Waals surface area contributed by atoms with Crippen LogP contribution >= 0.6 is 0 Å². The van der Waals surface area contributed by atoms with Crippen LogP contribution in [0.4, 0.5) is 0 Å². The third kappa shape index (κ3) is 4.07. The van der Waals surface area contributed by atoms with Crippen LogP contribution in [0.1, 0.15) is 46.5 Å². The molecule has 0 N–H and O–H groups in total. The molecule has 1 rings (SSSR count). The van der Waals surface area contributed by atoms with E-state index in [1.54, 1.807) is 5.57 Å². The van der Waals surface area contributed by atoms with Gasteiger partial charge in [-0.25, -0.2) is 0 Å². The summed E-state index contributed by atoms with van der Waals surface area (Å²) in [5.74, 6) is 1.41. The second-order valence-electron chi connectivity index (χ2n) is 4.95. The summed E-state index contributed by atoms with van der Waals surface area (Å²) in [6.07, 6.45) is 11.8. The lowest BCUT2D eigenvalue weighted by atomic mass is 9.86. The number of hydrogen-bond donors (Lipinski definition) is 0. The Labute approximate surface area is 94.8 Å². The largest absolute Gasteiger partial charge is 0.103 e. The molecule has 0 aromatic carbocycles. The first kappa shape index (κ1) is 12.3. The quantitative estimate of drug-likeness (QED) is 0.559. The lowest BCUT2D eigenvalue weighted by Gasteiger charge is -2.19. The van der Waals surface area contributed by atoms with Gasteiger partial charge in [0.1, 0.15) is 0 Å². The van der Waals surface area contributed by atoms with Crippen molar-refractivity contribution in [3.05, 3.63) is 36.0 Å². The Balaban J connectivity index is 2.40. The van der Waals surface area contributed by atoms with Crippen LogP contribution in [0.25, 0.3) is 0 Å². The Kier molecular flexibility index (Phi) is 4.87. The molecule has 0 aromatic rings. The molecule has 0 radical (unpaired) electrons. The van der Waals surface area contributed by atoms with Crippen molar-refractivity contribution >= 4 is 0 Å². The van der Waals surface area contributed by atoms with Crippen LogP contribution in [0.5, 0.6) is 0 Å². The van der Waals surface area contributed by atoms with E-state index in [1.807, 2.05) is 0 Å². The number of hydrogen-bond acceptors (Lipinski definition) is 0. The van der Waals surface area contributed by atoms with E-state index in [1.165, 1.54) is 31.3 Å². The molecule has 0 bridgehead atoms. The highest BCUT2D eigenvalue weighted by atomic mass is 14.2. The van der Waals surface area contributed by atoms with E-state index in [9.17, 15) is 0 Å². The molecule has 0 spiro atoms. The van der Waals surface area contributed by atoms with Gasteiger partial charge in [0.2, 0.25) is 0 Å². The van der Waals surface area contributed by atoms with Crippen molar-refractivity contribution in [3.63, 3.8) is 0 Å². The van der Waals surface area contributed by atoms with Gasteiger partial charge in [0, 0.05) is 0 Å². The van der Waals surface area contributed by atoms with Gasteiger partial charge in [-0.15, -0.1) is 6.58 Å². The molecule has 0 saturated heterocycles. The highest BCUT2D eigenvalue weighted by Crippen LogP contribution is 2.27. The molecule has 0 nitrogen and oxygen atoms in total. The van der Waals surface area contributed by atoms with Crippen LogP contribution in [0.3, 0.4) is 0 Å². The summed E-state index contributed by atoms with van der Waals surface area (Å²) in [6, 6.07) is 0. The van der Waals surface area contributed by atoms with Gasteiger partial charge in [-0.3, -0.25) is 0 Å². The Hall–Kier alpha value is -0.780. The van der Waals surface area contributed by atoms with Crippen LogP contribution in [0, 0.1) is 11.8 Å². The second-order valence-corrected chi connectivity index (χ2v) is 4.95. The third-order valence-corrected chi connectivity index (χ3v) is 3.48. The van der Waals surface area contributed by atoms with E-state index in [2.05, 4.69) is 45.6 Å². The summed E-state index contributed by atoms with van der Waals surface area (Å²) in [6.45, 7) is 10.7. The summed E-state index contributed by atoms with van der Waals surface area (Å²) in [7, 11) is 0. The zero-order valence-electron chi connectivity index (χ0n) is 10.4. The van der Waals surface area contributed by atoms with Gasteiger partial charge in [-0.1, -0.05) is 43.2 Å². The molecule has 0 heterocycles. The van der Waals surface area contributed by atoms with Gasteiger partial charge in [-0.2, -0.15) is 0 Å².